The van der Waals surface area contributed by atoms with Gasteiger partial charge in [-0.3, -0.25) is 0 Å². The van der Waals surface area contributed by atoms with Crippen LogP contribution in [0.4, 0.5) is 0 Å². The van der Waals surface area contributed by atoms with Crippen molar-refractivity contribution in [2.75, 3.05) is 13.7 Å². The molecule has 0 aliphatic rings. The SMILES string of the molecule is CCOc1cc(/C=C(\C#N)c2ccc(Br)cc2)cc(Cl)c1OCc1ccc(OCc2ccccc2)c(OC)c1. The molecule has 0 aliphatic heterocycles. The van der Waals surface area contributed by atoms with E-state index in [1.807, 2.05) is 85.8 Å². The predicted molar refractivity (Wildman–Crippen MR) is 158 cm³/mol. The average Bonchev–Trinajstić information content (AvgIpc) is 2.96. The first-order valence-corrected chi connectivity index (χ1v) is 13.5. The van der Waals surface area contributed by atoms with E-state index < -0.39 is 0 Å². The van der Waals surface area contributed by atoms with Crippen LogP contribution in [0.5, 0.6) is 23.0 Å². The number of nitriles is 1. The summed E-state index contributed by atoms with van der Waals surface area (Å²) in [5.74, 6) is 2.19. The van der Waals surface area contributed by atoms with Crippen LogP contribution in [0.25, 0.3) is 11.6 Å². The molecule has 0 amide bonds. The van der Waals surface area contributed by atoms with Crippen molar-refractivity contribution in [2.45, 2.75) is 20.1 Å². The summed E-state index contributed by atoms with van der Waals surface area (Å²) in [6.45, 7) is 3.00. The number of allylic oxidation sites excluding steroid dienone is 1. The van der Waals surface area contributed by atoms with Crippen LogP contribution in [-0.4, -0.2) is 13.7 Å². The van der Waals surface area contributed by atoms with Gasteiger partial charge in [-0.1, -0.05) is 76.1 Å². The van der Waals surface area contributed by atoms with Gasteiger partial charge in [-0.25, -0.2) is 0 Å². The van der Waals surface area contributed by atoms with E-state index in [1.54, 1.807) is 19.3 Å². The smallest absolute Gasteiger partial charge is 0.180 e. The Morgan fingerprint density at radius 1 is 0.846 bits per heavy atom. The van der Waals surface area contributed by atoms with E-state index in [9.17, 15) is 5.26 Å². The second-order valence-corrected chi connectivity index (χ2v) is 9.81. The highest BCUT2D eigenvalue weighted by Crippen LogP contribution is 2.39. The Hall–Kier alpha value is -3.92. The lowest BCUT2D eigenvalue weighted by Crippen LogP contribution is -2.02. The molecule has 4 rings (SSSR count). The lowest BCUT2D eigenvalue weighted by Gasteiger charge is -2.16. The first kappa shape index (κ1) is 28.1. The van der Waals surface area contributed by atoms with Crippen LogP contribution in [0.3, 0.4) is 0 Å². The van der Waals surface area contributed by atoms with Crippen molar-refractivity contribution < 1.29 is 18.9 Å². The maximum absolute atomic E-state index is 9.73. The summed E-state index contributed by atoms with van der Waals surface area (Å²) in [5, 5.41) is 10.1. The van der Waals surface area contributed by atoms with Gasteiger partial charge in [0.2, 0.25) is 0 Å². The maximum atomic E-state index is 9.73. The molecule has 198 valence electrons. The number of methoxy groups -OCH3 is 1. The first-order valence-electron chi connectivity index (χ1n) is 12.3. The zero-order valence-corrected chi connectivity index (χ0v) is 24.0. The molecule has 0 bridgehead atoms. The van der Waals surface area contributed by atoms with Crippen molar-refractivity contribution in [1.82, 2.24) is 0 Å². The normalized spacial score (nSPS) is 11.0. The lowest BCUT2D eigenvalue weighted by atomic mass is 10.0. The highest BCUT2D eigenvalue weighted by molar-refractivity contribution is 9.10. The molecule has 0 radical (unpaired) electrons. The topological polar surface area (TPSA) is 60.7 Å². The van der Waals surface area contributed by atoms with Gasteiger partial charge in [-0.05, 0) is 71.7 Å². The van der Waals surface area contributed by atoms with Crippen LogP contribution < -0.4 is 18.9 Å². The fraction of sp³-hybridized carbons (Fsp3) is 0.156. The van der Waals surface area contributed by atoms with Gasteiger partial charge in [0.05, 0.1) is 30.4 Å². The Labute approximate surface area is 242 Å². The molecular formula is C32H27BrClNO4. The lowest BCUT2D eigenvalue weighted by molar-refractivity contribution is 0.267. The van der Waals surface area contributed by atoms with Gasteiger partial charge in [-0.2, -0.15) is 5.26 Å². The van der Waals surface area contributed by atoms with Crippen molar-refractivity contribution in [3.63, 3.8) is 0 Å². The summed E-state index contributed by atoms with van der Waals surface area (Å²) in [7, 11) is 1.61. The average molecular weight is 605 g/mol. The summed E-state index contributed by atoms with van der Waals surface area (Å²) in [6, 6.07) is 29.0. The van der Waals surface area contributed by atoms with Crippen molar-refractivity contribution in [3.8, 4) is 29.1 Å². The van der Waals surface area contributed by atoms with Crippen LogP contribution in [-0.2, 0) is 13.2 Å². The van der Waals surface area contributed by atoms with E-state index in [0.717, 1.165) is 26.7 Å². The molecule has 0 saturated carbocycles. The van der Waals surface area contributed by atoms with E-state index in [4.69, 9.17) is 30.5 Å². The molecule has 0 aromatic heterocycles. The van der Waals surface area contributed by atoms with Crippen LogP contribution in [0.2, 0.25) is 5.02 Å². The van der Waals surface area contributed by atoms with Gasteiger partial charge in [0.25, 0.3) is 0 Å². The van der Waals surface area contributed by atoms with Crippen molar-refractivity contribution in [3.05, 3.63) is 117 Å². The minimum Gasteiger partial charge on any atom is -0.493 e. The Morgan fingerprint density at radius 3 is 2.28 bits per heavy atom. The Bertz CT molecular complexity index is 1480. The molecule has 0 aliphatic carbocycles. The number of ether oxygens (including phenoxy) is 4. The van der Waals surface area contributed by atoms with E-state index in [-0.39, 0.29) is 6.61 Å². The summed E-state index contributed by atoms with van der Waals surface area (Å²) in [6.07, 6.45) is 1.78. The van der Waals surface area contributed by atoms with E-state index in [2.05, 4.69) is 22.0 Å². The largest absolute Gasteiger partial charge is 0.493 e. The van der Waals surface area contributed by atoms with Crippen LogP contribution in [0.1, 0.15) is 29.2 Å². The monoisotopic (exact) mass is 603 g/mol. The highest BCUT2D eigenvalue weighted by atomic mass is 79.9. The molecule has 0 unspecified atom stereocenters. The molecule has 0 atom stereocenters. The third-order valence-electron chi connectivity index (χ3n) is 5.77. The molecule has 0 N–H and O–H groups in total. The minimum absolute atomic E-state index is 0.243. The molecule has 0 fully saturated rings. The number of hydrogen-bond acceptors (Lipinski definition) is 5. The second-order valence-electron chi connectivity index (χ2n) is 8.49. The maximum Gasteiger partial charge on any atom is 0.180 e. The van der Waals surface area contributed by atoms with Gasteiger partial charge in [0.15, 0.2) is 23.0 Å². The number of halogens is 2. The zero-order chi connectivity index (χ0) is 27.6. The number of hydrogen-bond donors (Lipinski definition) is 0. The van der Waals surface area contributed by atoms with Gasteiger partial charge < -0.3 is 18.9 Å². The Balaban J connectivity index is 1.52. The third-order valence-corrected chi connectivity index (χ3v) is 6.58. The molecule has 4 aromatic carbocycles. The van der Waals surface area contributed by atoms with Crippen LogP contribution >= 0.6 is 27.5 Å². The van der Waals surface area contributed by atoms with Crippen molar-refractivity contribution in [2.24, 2.45) is 0 Å². The van der Waals surface area contributed by atoms with E-state index in [1.165, 1.54) is 0 Å². The molecule has 4 aromatic rings. The third kappa shape index (κ3) is 7.57. The molecule has 39 heavy (non-hydrogen) atoms. The molecule has 0 heterocycles. The quantitative estimate of drug-likeness (QED) is 0.127. The zero-order valence-electron chi connectivity index (χ0n) is 21.6. The summed E-state index contributed by atoms with van der Waals surface area (Å²) in [5.41, 5.74) is 4.00. The molecule has 0 spiro atoms. The Kier molecular flexibility index (Phi) is 9.91. The van der Waals surface area contributed by atoms with E-state index >= 15 is 0 Å². The predicted octanol–water partition coefficient (Wildman–Crippen LogP) is 8.73. The Morgan fingerprint density at radius 2 is 1.59 bits per heavy atom. The fourth-order valence-electron chi connectivity index (χ4n) is 3.86. The van der Waals surface area contributed by atoms with Gasteiger partial charge >= 0.3 is 0 Å². The molecular weight excluding hydrogens is 578 g/mol. The summed E-state index contributed by atoms with van der Waals surface area (Å²) in [4.78, 5) is 0. The number of benzene rings is 4. The molecule has 5 nitrogen and oxygen atoms in total. The highest BCUT2D eigenvalue weighted by Gasteiger charge is 2.14. The fourth-order valence-corrected chi connectivity index (χ4v) is 4.40. The first-order chi connectivity index (χ1) is 19.0. The second kappa shape index (κ2) is 13.7. The van der Waals surface area contributed by atoms with Crippen molar-refractivity contribution >= 4 is 39.2 Å². The standard InChI is InChI=1S/C32H27BrClNO4/c1-3-37-31-18-24(15-26(19-35)25-10-12-27(33)13-11-25)16-28(34)32(31)39-21-23-9-14-29(30(17-23)36-2)38-20-22-7-5-4-6-8-22/h4-18H,3,20-21H2,1-2H3/b26-15+. The van der Waals surface area contributed by atoms with Gasteiger partial charge in [-0.15, -0.1) is 0 Å². The van der Waals surface area contributed by atoms with Crippen molar-refractivity contribution in [1.29, 1.82) is 5.26 Å². The van der Waals surface area contributed by atoms with Crippen LogP contribution in [0.15, 0.2) is 89.4 Å². The number of nitrogens with zero attached hydrogens (tertiary/aromatic N) is 1. The van der Waals surface area contributed by atoms with Gasteiger partial charge in [0, 0.05) is 4.47 Å². The van der Waals surface area contributed by atoms with Crippen LogP contribution in [0, 0.1) is 11.3 Å². The molecule has 7 heteroatoms. The van der Waals surface area contributed by atoms with E-state index in [0.29, 0.717) is 46.8 Å². The minimum atomic E-state index is 0.243. The molecule has 0 saturated heterocycles. The summed E-state index contributed by atoms with van der Waals surface area (Å²) >= 11 is 10.1. The number of rotatable bonds is 11. The summed E-state index contributed by atoms with van der Waals surface area (Å²) < 4.78 is 24.4. The van der Waals surface area contributed by atoms with Gasteiger partial charge in [0.1, 0.15) is 13.2 Å².